The first-order chi connectivity index (χ1) is 5.85. The highest BCUT2D eigenvalue weighted by atomic mass is 16.3. The van der Waals surface area contributed by atoms with E-state index in [4.69, 9.17) is 4.42 Å². The van der Waals surface area contributed by atoms with Gasteiger partial charge in [-0.15, -0.1) is 0 Å². The Morgan fingerprint density at radius 1 is 1.42 bits per heavy atom. The maximum absolute atomic E-state index is 4.78. The Hall–Kier alpha value is -1.05. The standard InChI is InChI=1S/C6H7NO.C4H10/c1-7-4-6-2-3-8-5-6;1-3-4-2/h2-5H,1H3;3-4H2,1-2H3. The zero-order valence-electron chi connectivity index (χ0n) is 8.08. The van der Waals surface area contributed by atoms with Crippen LogP contribution >= 0.6 is 0 Å². The molecule has 0 saturated carbocycles. The zero-order chi connectivity index (χ0) is 9.23. The van der Waals surface area contributed by atoms with Crippen LogP contribution in [0, 0.1) is 0 Å². The molecule has 0 radical (unpaired) electrons. The monoisotopic (exact) mass is 167 g/mol. The van der Waals surface area contributed by atoms with Gasteiger partial charge in [-0.1, -0.05) is 26.7 Å². The van der Waals surface area contributed by atoms with Gasteiger partial charge in [0.2, 0.25) is 0 Å². The normalized spacial score (nSPS) is 9.58. The third-order valence-electron chi connectivity index (χ3n) is 1.32. The molecule has 0 amide bonds. The van der Waals surface area contributed by atoms with Gasteiger partial charge < -0.3 is 4.42 Å². The number of rotatable bonds is 2. The van der Waals surface area contributed by atoms with Crippen molar-refractivity contribution >= 4 is 6.21 Å². The van der Waals surface area contributed by atoms with E-state index >= 15 is 0 Å². The molecule has 0 aliphatic heterocycles. The molecule has 1 rings (SSSR count). The molecule has 0 unspecified atom stereocenters. The lowest BCUT2D eigenvalue weighted by Gasteiger charge is -1.73. The lowest BCUT2D eigenvalue weighted by Crippen LogP contribution is -1.69. The second kappa shape index (κ2) is 8.05. The summed E-state index contributed by atoms with van der Waals surface area (Å²) in [4.78, 5) is 3.79. The Kier molecular flexibility index (Phi) is 7.35. The van der Waals surface area contributed by atoms with Crippen molar-refractivity contribution in [3.63, 3.8) is 0 Å². The molecule has 1 aromatic rings. The summed E-state index contributed by atoms with van der Waals surface area (Å²) >= 11 is 0. The number of furan rings is 1. The number of hydrogen-bond acceptors (Lipinski definition) is 2. The van der Waals surface area contributed by atoms with Gasteiger partial charge in [0, 0.05) is 18.8 Å². The van der Waals surface area contributed by atoms with E-state index in [0.29, 0.717) is 0 Å². The van der Waals surface area contributed by atoms with E-state index in [1.807, 2.05) is 6.07 Å². The van der Waals surface area contributed by atoms with Crippen LogP contribution in [0.5, 0.6) is 0 Å². The molecule has 0 N–H and O–H groups in total. The van der Waals surface area contributed by atoms with E-state index in [1.165, 1.54) is 12.8 Å². The van der Waals surface area contributed by atoms with Gasteiger partial charge in [-0.2, -0.15) is 0 Å². The third-order valence-corrected chi connectivity index (χ3v) is 1.32. The SMILES string of the molecule is CCCC.CN=Cc1ccoc1. The average molecular weight is 167 g/mol. The quantitative estimate of drug-likeness (QED) is 0.621. The lowest BCUT2D eigenvalue weighted by atomic mass is 10.4. The molecule has 2 nitrogen and oxygen atoms in total. The molecule has 1 aromatic heterocycles. The van der Waals surface area contributed by atoms with Crippen LogP contribution < -0.4 is 0 Å². The van der Waals surface area contributed by atoms with Gasteiger partial charge in [0.15, 0.2) is 0 Å². The number of unbranched alkanes of at least 4 members (excludes halogenated alkanes) is 1. The summed E-state index contributed by atoms with van der Waals surface area (Å²) in [5.41, 5.74) is 1.01. The minimum absolute atomic E-state index is 1.01. The van der Waals surface area contributed by atoms with Crippen molar-refractivity contribution in [3.05, 3.63) is 24.2 Å². The van der Waals surface area contributed by atoms with Crippen molar-refractivity contribution in [2.45, 2.75) is 26.7 Å². The summed E-state index contributed by atoms with van der Waals surface area (Å²) in [5, 5.41) is 0. The van der Waals surface area contributed by atoms with Gasteiger partial charge in [-0.05, 0) is 6.07 Å². The van der Waals surface area contributed by atoms with Crippen LogP contribution in [-0.4, -0.2) is 13.3 Å². The Labute approximate surface area is 74.3 Å². The van der Waals surface area contributed by atoms with Crippen molar-refractivity contribution in [3.8, 4) is 0 Å². The van der Waals surface area contributed by atoms with E-state index in [0.717, 1.165) is 5.56 Å². The summed E-state index contributed by atoms with van der Waals surface area (Å²) in [6, 6.07) is 1.85. The molecule has 1 heterocycles. The first-order valence-electron chi connectivity index (χ1n) is 4.29. The molecular formula is C10H17NO. The van der Waals surface area contributed by atoms with Crippen molar-refractivity contribution in [2.24, 2.45) is 4.99 Å². The number of nitrogens with zero attached hydrogens (tertiary/aromatic N) is 1. The molecule has 0 saturated heterocycles. The van der Waals surface area contributed by atoms with E-state index < -0.39 is 0 Å². The van der Waals surface area contributed by atoms with E-state index in [-0.39, 0.29) is 0 Å². The van der Waals surface area contributed by atoms with Crippen molar-refractivity contribution < 1.29 is 4.42 Å². The topological polar surface area (TPSA) is 25.5 Å². The van der Waals surface area contributed by atoms with Gasteiger partial charge in [0.1, 0.15) is 0 Å². The van der Waals surface area contributed by atoms with Gasteiger partial charge in [0.25, 0.3) is 0 Å². The maximum Gasteiger partial charge on any atom is 0.0990 e. The van der Waals surface area contributed by atoms with Crippen LogP contribution in [0.2, 0.25) is 0 Å². The summed E-state index contributed by atoms with van der Waals surface area (Å²) < 4.78 is 4.78. The Bertz CT molecular complexity index is 188. The maximum atomic E-state index is 4.78. The fourth-order valence-electron chi connectivity index (χ4n) is 0.498. The molecule has 0 fully saturated rings. The largest absolute Gasteiger partial charge is 0.472 e. The molecular weight excluding hydrogens is 150 g/mol. The summed E-state index contributed by atoms with van der Waals surface area (Å²) in [6.07, 6.45) is 7.65. The van der Waals surface area contributed by atoms with Crippen molar-refractivity contribution in [1.82, 2.24) is 0 Å². The molecule has 68 valence electrons. The molecule has 12 heavy (non-hydrogen) atoms. The minimum Gasteiger partial charge on any atom is -0.472 e. The minimum atomic E-state index is 1.01. The summed E-state index contributed by atoms with van der Waals surface area (Å²) in [6.45, 7) is 4.36. The molecule has 0 aliphatic carbocycles. The highest BCUT2D eigenvalue weighted by molar-refractivity contribution is 5.78. The fraction of sp³-hybridized carbons (Fsp3) is 0.500. The first kappa shape index (κ1) is 11.0. The van der Waals surface area contributed by atoms with Crippen LogP contribution in [0.15, 0.2) is 28.0 Å². The Balaban J connectivity index is 0.000000261. The smallest absolute Gasteiger partial charge is 0.0990 e. The van der Waals surface area contributed by atoms with E-state index in [2.05, 4.69) is 18.8 Å². The second-order valence-corrected chi connectivity index (χ2v) is 2.44. The second-order valence-electron chi connectivity index (χ2n) is 2.44. The van der Waals surface area contributed by atoms with Crippen LogP contribution in [-0.2, 0) is 0 Å². The van der Waals surface area contributed by atoms with Gasteiger partial charge in [-0.25, -0.2) is 0 Å². The fourth-order valence-corrected chi connectivity index (χ4v) is 0.498. The third kappa shape index (κ3) is 5.71. The van der Waals surface area contributed by atoms with Crippen LogP contribution in [0.1, 0.15) is 32.3 Å². The Morgan fingerprint density at radius 3 is 2.42 bits per heavy atom. The molecule has 0 aromatic carbocycles. The average Bonchev–Trinajstić information content (AvgIpc) is 2.58. The molecule has 0 bridgehead atoms. The zero-order valence-corrected chi connectivity index (χ0v) is 8.08. The van der Waals surface area contributed by atoms with E-state index in [9.17, 15) is 0 Å². The summed E-state index contributed by atoms with van der Waals surface area (Å²) in [5.74, 6) is 0. The predicted octanol–water partition coefficient (Wildman–Crippen LogP) is 3.13. The predicted molar refractivity (Wildman–Crippen MR) is 52.8 cm³/mol. The van der Waals surface area contributed by atoms with Gasteiger partial charge in [0.05, 0.1) is 12.5 Å². The number of aliphatic imine (C=N–C) groups is 1. The van der Waals surface area contributed by atoms with Gasteiger partial charge >= 0.3 is 0 Å². The molecule has 2 heteroatoms. The van der Waals surface area contributed by atoms with Crippen LogP contribution in [0.25, 0.3) is 0 Å². The van der Waals surface area contributed by atoms with Gasteiger partial charge in [-0.3, -0.25) is 4.99 Å². The lowest BCUT2D eigenvalue weighted by molar-refractivity contribution is 0.567. The van der Waals surface area contributed by atoms with Crippen LogP contribution in [0.3, 0.4) is 0 Å². The number of hydrogen-bond donors (Lipinski definition) is 0. The highest BCUT2D eigenvalue weighted by Crippen LogP contribution is 1.93. The van der Waals surface area contributed by atoms with Crippen molar-refractivity contribution in [1.29, 1.82) is 0 Å². The highest BCUT2D eigenvalue weighted by Gasteiger charge is 1.82. The summed E-state index contributed by atoms with van der Waals surface area (Å²) in [7, 11) is 1.73. The van der Waals surface area contributed by atoms with Crippen LogP contribution in [0.4, 0.5) is 0 Å². The molecule has 0 aliphatic rings. The first-order valence-corrected chi connectivity index (χ1v) is 4.29. The Morgan fingerprint density at radius 2 is 2.08 bits per heavy atom. The van der Waals surface area contributed by atoms with E-state index in [1.54, 1.807) is 25.8 Å². The van der Waals surface area contributed by atoms with Crippen molar-refractivity contribution in [2.75, 3.05) is 7.05 Å². The molecule has 0 atom stereocenters. The molecule has 0 spiro atoms.